The summed E-state index contributed by atoms with van der Waals surface area (Å²) in [6, 6.07) is 23.7. The van der Waals surface area contributed by atoms with Crippen molar-refractivity contribution in [1.82, 2.24) is 10.3 Å². The minimum absolute atomic E-state index is 0.0465. The molecule has 176 valence electrons. The quantitative estimate of drug-likeness (QED) is 0.266. The van der Waals surface area contributed by atoms with E-state index in [2.05, 4.69) is 15.6 Å². The summed E-state index contributed by atoms with van der Waals surface area (Å²) in [4.78, 5) is 41.3. The van der Waals surface area contributed by atoms with Crippen LogP contribution in [-0.4, -0.2) is 27.8 Å². The summed E-state index contributed by atoms with van der Waals surface area (Å²) >= 11 is 1.27. The van der Waals surface area contributed by atoms with E-state index in [9.17, 15) is 19.7 Å². The number of nitrogens with zero attached hydrogens (tertiary/aromatic N) is 2. The Balaban J connectivity index is 1.61. The fraction of sp³-hybridized carbons (Fsp3) is 0.115. The number of hydrogen-bond donors (Lipinski definition) is 2. The van der Waals surface area contributed by atoms with Gasteiger partial charge in [-0.05, 0) is 16.7 Å². The van der Waals surface area contributed by atoms with E-state index in [-0.39, 0.29) is 18.0 Å². The molecule has 0 saturated carbocycles. The molecule has 0 aliphatic rings. The lowest BCUT2D eigenvalue weighted by atomic mass is 9.90. The van der Waals surface area contributed by atoms with Crippen molar-refractivity contribution in [3.63, 3.8) is 0 Å². The Hall–Kier alpha value is -4.37. The lowest BCUT2D eigenvalue weighted by molar-refractivity contribution is -0.384. The number of nitrogens with one attached hydrogen (secondary N) is 2. The molecule has 0 fully saturated rings. The molecule has 0 aliphatic heterocycles. The van der Waals surface area contributed by atoms with Crippen molar-refractivity contribution in [1.29, 1.82) is 0 Å². The molecule has 2 N–H and O–H groups in total. The third-order valence-electron chi connectivity index (χ3n) is 5.41. The first-order valence-corrected chi connectivity index (χ1v) is 11.7. The molecule has 8 nitrogen and oxygen atoms in total. The molecular formula is C26H22N4O4S. The number of nitro benzene ring substituents is 1. The highest BCUT2D eigenvalue weighted by molar-refractivity contribution is 7.13. The highest BCUT2D eigenvalue weighted by Gasteiger charge is 2.28. The topological polar surface area (TPSA) is 114 Å². The van der Waals surface area contributed by atoms with E-state index in [0.717, 1.165) is 11.1 Å². The van der Waals surface area contributed by atoms with Gasteiger partial charge in [0.25, 0.3) is 5.69 Å². The zero-order valence-electron chi connectivity index (χ0n) is 18.5. The summed E-state index contributed by atoms with van der Waals surface area (Å²) in [5.74, 6) is -1.38. The minimum Gasteiger partial charge on any atom is -0.343 e. The van der Waals surface area contributed by atoms with E-state index in [4.69, 9.17) is 0 Å². The van der Waals surface area contributed by atoms with Gasteiger partial charge in [0.15, 0.2) is 5.13 Å². The SMILES string of the molecule is O=C(N[C@@H](Cc1ccc([N+](=O)[O-])cc1)C(=O)Nc1nccs1)C(c1ccccc1)c1ccccc1. The van der Waals surface area contributed by atoms with Gasteiger partial charge in [-0.25, -0.2) is 4.98 Å². The number of hydrogen-bond acceptors (Lipinski definition) is 6. The maximum absolute atomic E-state index is 13.6. The van der Waals surface area contributed by atoms with Gasteiger partial charge in [-0.3, -0.25) is 19.7 Å². The molecule has 0 saturated heterocycles. The molecule has 9 heteroatoms. The molecule has 0 aliphatic carbocycles. The third-order valence-corrected chi connectivity index (χ3v) is 6.10. The molecule has 35 heavy (non-hydrogen) atoms. The summed E-state index contributed by atoms with van der Waals surface area (Å²) in [6.45, 7) is 0. The molecule has 3 aromatic carbocycles. The number of carbonyl (C=O) groups is 2. The zero-order chi connectivity index (χ0) is 24.6. The van der Waals surface area contributed by atoms with Crippen LogP contribution in [0.2, 0.25) is 0 Å². The van der Waals surface area contributed by atoms with Crippen molar-refractivity contribution >= 4 is 34.0 Å². The van der Waals surface area contributed by atoms with Crippen LogP contribution in [0, 0.1) is 10.1 Å². The van der Waals surface area contributed by atoms with Gasteiger partial charge in [0.05, 0.1) is 10.8 Å². The van der Waals surface area contributed by atoms with Crippen LogP contribution in [-0.2, 0) is 16.0 Å². The monoisotopic (exact) mass is 486 g/mol. The molecule has 4 aromatic rings. The summed E-state index contributed by atoms with van der Waals surface area (Å²) in [5, 5.41) is 18.8. The molecule has 4 rings (SSSR count). The minimum atomic E-state index is -0.928. The standard InChI is InChI=1S/C26H22N4O4S/c31-24(29-26-27-15-16-35-26)22(17-18-11-13-21(14-12-18)30(33)34)28-25(32)23(19-7-3-1-4-8-19)20-9-5-2-6-10-20/h1-16,22-23H,17H2,(H,28,32)(H,27,29,31)/t22-/m0/s1. The summed E-state index contributed by atoms with van der Waals surface area (Å²) in [5.41, 5.74) is 2.22. The van der Waals surface area contributed by atoms with E-state index < -0.39 is 22.8 Å². The lowest BCUT2D eigenvalue weighted by Crippen LogP contribution is -2.47. The number of nitro groups is 1. The zero-order valence-corrected chi connectivity index (χ0v) is 19.4. The first-order chi connectivity index (χ1) is 17.0. The fourth-order valence-electron chi connectivity index (χ4n) is 3.72. The molecule has 0 radical (unpaired) electrons. The second kappa shape index (κ2) is 11.2. The van der Waals surface area contributed by atoms with E-state index in [0.29, 0.717) is 10.7 Å². The highest BCUT2D eigenvalue weighted by atomic mass is 32.1. The second-order valence-corrected chi connectivity index (χ2v) is 8.66. The number of thiazole rings is 1. The molecule has 0 spiro atoms. The van der Waals surface area contributed by atoms with Crippen molar-refractivity contribution in [2.45, 2.75) is 18.4 Å². The van der Waals surface area contributed by atoms with Crippen molar-refractivity contribution in [3.05, 3.63) is 123 Å². The van der Waals surface area contributed by atoms with Crippen LogP contribution in [0.3, 0.4) is 0 Å². The number of carbonyl (C=O) groups excluding carboxylic acids is 2. The Morgan fingerprint density at radius 1 is 0.886 bits per heavy atom. The number of benzene rings is 3. The third kappa shape index (κ3) is 6.15. The van der Waals surface area contributed by atoms with Crippen LogP contribution in [0.5, 0.6) is 0 Å². The molecular weight excluding hydrogens is 464 g/mol. The number of rotatable bonds is 9. The average Bonchev–Trinajstić information content (AvgIpc) is 3.38. The number of aromatic nitrogens is 1. The van der Waals surface area contributed by atoms with Crippen molar-refractivity contribution < 1.29 is 14.5 Å². The number of non-ortho nitro benzene ring substituents is 1. The van der Waals surface area contributed by atoms with Gasteiger partial charge in [-0.15, -0.1) is 11.3 Å². The van der Waals surface area contributed by atoms with Gasteiger partial charge in [-0.2, -0.15) is 0 Å². The largest absolute Gasteiger partial charge is 0.343 e. The number of anilines is 1. The van der Waals surface area contributed by atoms with Crippen LogP contribution in [0.4, 0.5) is 10.8 Å². The maximum Gasteiger partial charge on any atom is 0.269 e. The van der Waals surface area contributed by atoms with Gasteiger partial charge >= 0.3 is 0 Å². The second-order valence-electron chi connectivity index (χ2n) is 7.77. The Morgan fingerprint density at radius 3 is 2.00 bits per heavy atom. The molecule has 0 unspecified atom stereocenters. The Kier molecular flexibility index (Phi) is 7.59. The van der Waals surface area contributed by atoms with E-state index in [1.807, 2.05) is 60.7 Å². The van der Waals surface area contributed by atoms with E-state index >= 15 is 0 Å². The Labute approximate surface area is 205 Å². The highest BCUT2D eigenvalue weighted by Crippen LogP contribution is 2.25. The number of amides is 2. The normalized spacial score (nSPS) is 11.6. The van der Waals surface area contributed by atoms with Crippen molar-refractivity contribution in [2.75, 3.05) is 5.32 Å². The summed E-state index contributed by atoms with van der Waals surface area (Å²) < 4.78 is 0. The molecule has 1 atom stereocenters. The van der Waals surface area contributed by atoms with Crippen molar-refractivity contribution in [3.8, 4) is 0 Å². The molecule has 1 heterocycles. The van der Waals surface area contributed by atoms with Crippen LogP contribution < -0.4 is 10.6 Å². The van der Waals surface area contributed by atoms with Crippen molar-refractivity contribution in [2.24, 2.45) is 0 Å². The Bertz CT molecular complexity index is 1240. The predicted octanol–water partition coefficient (Wildman–Crippen LogP) is 4.55. The first-order valence-electron chi connectivity index (χ1n) is 10.8. The van der Waals surface area contributed by atoms with Crippen LogP contribution in [0.25, 0.3) is 0 Å². The van der Waals surface area contributed by atoms with Crippen LogP contribution in [0.1, 0.15) is 22.6 Å². The van der Waals surface area contributed by atoms with Gasteiger partial charge < -0.3 is 10.6 Å². The molecule has 2 amide bonds. The first kappa shape index (κ1) is 23.8. The fourth-order valence-corrected chi connectivity index (χ4v) is 4.25. The Morgan fingerprint density at radius 2 is 1.49 bits per heavy atom. The average molecular weight is 487 g/mol. The molecule has 1 aromatic heterocycles. The molecule has 0 bridgehead atoms. The van der Waals surface area contributed by atoms with Crippen LogP contribution >= 0.6 is 11.3 Å². The predicted molar refractivity (Wildman–Crippen MR) is 134 cm³/mol. The van der Waals surface area contributed by atoms with Gasteiger partial charge in [-0.1, -0.05) is 72.8 Å². The van der Waals surface area contributed by atoms with Gasteiger partial charge in [0, 0.05) is 30.1 Å². The maximum atomic E-state index is 13.6. The van der Waals surface area contributed by atoms with E-state index in [1.165, 1.54) is 23.5 Å². The smallest absolute Gasteiger partial charge is 0.269 e. The summed E-state index contributed by atoms with van der Waals surface area (Å²) in [7, 11) is 0. The van der Waals surface area contributed by atoms with Crippen LogP contribution in [0.15, 0.2) is 96.5 Å². The van der Waals surface area contributed by atoms with E-state index in [1.54, 1.807) is 23.7 Å². The van der Waals surface area contributed by atoms with Gasteiger partial charge in [0.2, 0.25) is 11.8 Å². The summed E-state index contributed by atoms with van der Waals surface area (Å²) in [6.07, 6.45) is 1.72. The lowest BCUT2D eigenvalue weighted by Gasteiger charge is -2.23. The van der Waals surface area contributed by atoms with Gasteiger partial charge in [0.1, 0.15) is 6.04 Å².